The molecule has 1 fully saturated rings. The summed E-state index contributed by atoms with van der Waals surface area (Å²) in [7, 11) is 3.73. The normalized spacial score (nSPS) is 15.1. The van der Waals surface area contributed by atoms with Gasteiger partial charge in [0.2, 0.25) is 0 Å². The molecule has 1 amide bonds. The zero-order valence-electron chi connectivity index (χ0n) is 16.1. The van der Waals surface area contributed by atoms with Crippen LogP contribution in [0.5, 0.6) is 0 Å². The minimum absolute atomic E-state index is 0.287. The van der Waals surface area contributed by atoms with Crippen molar-refractivity contribution in [3.8, 4) is 6.07 Å². The molecule has 0 unspecified atom stereocenters. The van der Waals surface area contributed by atoms with Gasteiger partial charge in [0.05, 0.1) is 6.34 Å². The molecule has 0 radical (unpaired) electrons. The molecular weight excluding hydrogens is 332 g/mol. The van der Waals surface area contributed by atoms with Gasteiger partial charge in [-0.3, -0.25) is 0 Å². The number of carbonyl (C=O) groups excluding carboxylic acids is 1. The Morgan fingerprint density at radius 1 is 1.31 bits per heavy atom. The van der Waals surface area contributed by atoms with Gasteiger partial charge < -0.3 is 19.4 Å². The summed E-state index contributed by atoms with van der Waals surface area (Å²) in [5.74, 6) is 0.717. The summed E-state index contributed by atoms with van der Waals surface area (Å²) in [6.07, 6.45) is 1.34. The molecule has 1 aliphatic rings. The third-order valence-electron chi connectivity index (χ3n) is 3.65. The van der Waals surface area contributed by atoms with Gasteiger partial charge in [-0.1, -0.05) is 0 Å². The van der Waals surface area contributed by atoms with E-state index in [0.29, 0.717) is 37.7 Å². The summed E-state index contributed by atoms with van der Waals surface area (Å²) >= 11 is 0. The Morgan fingerprint density at radius 2 is 1.96 bits per heavy atom. The molecule has 0 spiro atoms. The fraction of sp³-hybridized carbons (Fsp3) is 0.556. The quantitative estimate of drug-likeness (QED) is 0.608. The van der Waals surface area contributed by atoms with Crippen LogP contribution in [0.4, 0.5) is 16.3 Å². The van der Waals surface area contributed by atoms with E-state index in [-0.39, 0.29) is 11.8 Å². The Labute approximate surface area is 154 Å². The first-order valence-electron chi connectivity index (χ1n) is 8.54. The minimum atomic E-state index is -0.500. The monoisotopic (exact) mass is 358 g/mol. The van der Waals surface area contributed by atoms with Crippen molar-refractivity contribution in [3.05, 3.63) is 17.8 Å². The van der Waals surface area contributed by atoms with Crippen molar-refractivity contribution in [1.82, 2.24) is 14.8 Å². The average molecular weight is 358 g/mol. The van der Waals surface area contributed by atoms with Gasteiger partial charge in [-0.15, -0.1) is 0 Å². The van der Waals surface area contributed by atoms with Crippen molar-refractivity contribution in [2.24, 2.45) is 4.99 Å². The molecule has 8 heteroatoms. The highest BCUT2D eigenvalue weighted by Crippen LogP contribution is 2.22. The highest BCUT2D eigenvalue weighted by molar-refractivity contribution is 5.69. The second kappa shape index (κ2) is 8.04. The molecule has 0 bridgehead atoms. The molecule has 1 aromatic heterocycles. The smallest absolute Gasteiger partial charge is 0.410 e. The van der Waals surface area contributed by atoms with Crippen LogP contribution < -0.4 is 4.90 Å². The van der Waals surface area contributed by atoms with Gasteiger partial charge in [0.15, 0.2) is 5.69 Å². The number of hydrogen-bond acceptors (Lipinski definition) is 6. The molecule has 2 heterocycles. The highest BCUT2D eigenvalue weighted by atomic mass is 16.6. The van der Waals surface area contributed by atoms with Crippen LogP contribution in [0.1, 0.15) is 26.5 Å². The number of nitriles is 1. The van der Waals surface area contributed by atoms with Gasteiger partial charge in [-0.05, 0) is 32.9 Å². The van der Waals surface area contributed by atoms with Gasteiger partial charge in [0.1, 0.15) is 23.2 Å². The zero-order chi connectivity index (χ0) is 19.3. The minimum Gasteiger partial charge on any atom is -0.444 e. The number of anilines is 1. The van der Waals surface area contributed by atoms with Crippen molar-refractivity contribution in [2.75, 3.05) is 45.2 Å². The Morgan fingerprint density at radius 3 is 2.50 bits per heavy atom. The number of rotatable bonds is 3. The van der Waals surface area contributed by atoms with Crippen LogP contribution >= 0.6 is 0 Å². The van der Waals surface area contributed by atoms with Gasteiger partial charge in [-0.2, -0.15) is 5.26 Å². The van der Waals surface area contributed by atoms with E-state index in [1.165, 1.54) is 0 Å². The van der Waals surface area contributed by atoms with E-state index in [1.807, 2.05) is 40.9 Å². The second-order valence-corrected chi connectivity index (χ2v) is 7.31. The van der Waals surface area contributed by atoms with E-state index in [0.717, 1.165) is 0 Å². The summed E-state index contributed by atoms with van der Waals surface area (Å²) in [5, 5.41) is 9.34. The van der Waals surface area contributed by atoms with Crippen LogP contribution in [0.15, 0.2) is 17.1 Å². The molecule has 1 aromatic rings. The van der Waals surface area contributed by atoms with Crippen molar-refractivity contribution in [1.29, 1.82) is 5.26 Å². The summed E-state index contributed by atoms with van der Waals surface area (Å²) in [4.78, 5) is 26.4. The average Bonchev–Trinajstić information content (AvgIpc) is 2.58. The predicted octanol–water partition coefficient (Wildman–Crippen LogP) is 2.23. The lowest BCUT2D eigenvalue weighted by atomic mass is 10.2. The molecule has 0 aromatic carbocycles. The van der Waals surface area contributed by atoms with E-state index in [4.69, 9.17) is 4.74 Å². The lowest BCUT2D eigenvalue weighted by Crippen LogP contribution is -2.50. The van der Waals surface area contributed by atoms with Gasteiger partial charge in [-0.25, -0.2) is 14.8 Å². The highest BCUT2D eigenvalue weighted by Gasteiger charge is 2.26. The molecule has 2 rings (SSSR count). The maximum absolute atomic E-state index is 12.1. The first kappa shape index (κ1) is 19.5. The first-order valence-corrected chi connectivity index (χ1v) is 8.54. The van der Waals surface area contributed by atoms with Crippen LogP contribution in [0, 0.1) is 11.3 Å². The van der Waals surface area contributed by atoms with Crippen LogP contribution in [-0.4, -0.2) is 73.1 Å². The fourth-order valence-corrected chi connectivity index (χ4v) is 2.43. The van der Waals surface area contributed by atoms with Crippen LogP contribution in [0.25, 0.3) is 0 Å². The van der Waals surface area contributed by atoms with E-state index in [2.05, 4.69) is 20.9 Å². The Balaban J connectivity index is 2.03. The molecule has 8 nitrogen and oxygen atoms in total. The second-order valence-electron chi connectivity index (χ2n) is 7.31. The van der Waals surface area contributed by atoms with Crippen molar-refractivity contribution < 1.29 is 9.53 Å². The Kier molecular flexibility index (Phi) is 6.03. The summed E-state index contributed by atoms with van der Waals surface area (Å²) in [5.41, 5.74) is 0.327. The fourth-order valence-electron chi connectivity index (χ4n) is 2.43. The number of aliphatic imine (C=N–C) groups is 1. The van der Waals surface area contributed by atoms with Crippen molar-refractivity contribution in [3.63, 3.8) is 0 Å². The largest absolute Gasteiger partial charge is 0.444 e. The maximum atomic E-state index is 12.1. The van der Waals surface area contributed by atoms with E-state index in [1.54, 1.807) is 22.2 Å². The third kappa shape index (κ3) is 5.34. The van der Waals surface area contributed by atoms with Gasteiger partial charge >= 0.3 is 6.09 Å². The zero-order valence-corrected chi connectivity index (χ0v) is 16.1. The first-order chi connectivity index (χ1) is 12.2. The number of aromatic nitrogens is 1. The summed E-state index contributed by atoms with van der Waals surface area (Å²) < 4.78 is 5.41. The van der Waals surface area contributed by atoms with Crippen LogP contribution in [-0.2, 0) is 4.74 Å². The Bertz CT molecular complexity index is 709. The number of carbonyl (C=O) groups is 1. The van der Waals surface area contributed by atoms with Crippen LogP contribution in [0.2, 0.25) is 0 Å². The number of nitrogens with zero attached hydrogens (tertiary/aromatic N) is 6. The number of pyridine rings is 1. The topological polar surface area (TPSA) is 85.1 Å². The SMILES string of the molecule is CN(C)C=Nc1ccc(N2CCN(C(=O)OC(C)(C)C)CC2)nc1C#N. The number of ether oxygens (including phenoxy) is 1. The molecule has 1 saturated heterocycles. The molecule has 140 valence electrons. The molecule has 0 aliphatic carbocycles. The number of piperazine rings is 1. The number of amides is 1. The van der Waals surface area contributed by atoms with Crippen molar-refractivity contribution in [2.45, 2.75) is 26.4 Å². The van der Waals surface area contributed by atoms with Crippen molar-refractivity contribution >= 4 is 23.9 Å². The van der Waals surface area contributed by atoms with Crippen LogP contribution in [0.3, 0.4) is 0 Å². The third-order valence-corrected chi connectivity index (χ3v) is 3.65. The Hall–Kier alpha value is -2.82. The lowest BCUT2D eigenvalue weighted by molar-refractivity contribution is 0.0240. The predicted molar refractivity (Wildman–Crippen MR) is 101 cm³/mol. The van der Waals surface area contributed by atoms with E-state index >= 15 is 0 Å². The van der Waals surface area contributed by atoms with E-state index < -0.39 is 5.60 Å². The molecule has 1 aliphatic heterocycles. The van der Waals surface area contributed by atoms with Gasteiger partial charge in [0, 0.05) is 40.3 Å². The molecule has 26 heavy (non-hydrogen) atoms. The molecule has 0 N–H and O–H groups in total. The summed E-state index contributed by atoms with van der Waals surface area (Å²) in [6, 6.07) is 5.74. The molecular formula is C18H26N6O2. The van der Waals surface area contributed by atoms with E-state index in [9.17, 15) is 10.1 Å². The maximum Gasteiger partial charge on any atom is 0.410 e. The molecule has 0 atom stereocenters. The molecule has 0 saturated carbocycles. The van der Waals surface area contributed by atoms with Gasteiger partial charge in [0.25, 0.3) is 0 Å². The summed E-state index contributed by atoms with van der Waals surface area (Å²) in [6.45, 7) is 7.95. The number of hydrogen-bond donors (Lipinski definition) is 0. The standard InChI is InChI=1S/C18H26N6O2/c1-18(2,3)26-17(25)24-10-8-23(9-11-24)16-7-6-14(15(12-19)21-16)20-13-22(4)5/h6-7,13H,8-11H2,1-5H3. The lowest BCUT2D eigenvalue weighted by Gasteiger charge is -2.36.